The van der Waals surface area contributed by atoms with Crippen LogP contribution in [-0.2, 0) is 4.84 Å². The van der Waals surface area contributed by atoms with Crippen molar-refractivity contribution in [3.63, 3.8) is 0 Å². The molecule has 0 aromatic rings. The zero-order valence-corrected chi connectivity index (χ0v) is 4.44. The Morgan fingerprint density at radius 3 is 2.57 bits per heavy atom. The molecular weight excluding hydrogens is 90.1 g/mol. The van der Waals surface area contributed by atoms with Gasteiger partial charge in [0.05, 0.1) is 6.54 Å². The number of nitrogens with one attached hydrogen (secondary N) is 1. The van der Waals surface area contributed by atoms with E-state index in [0.29, 0.717) is 0 Å². The zero-order valence-electron chi connectivity index (χ0n) is 4.44. The van der Waals surface area contributed by atoms with Gasteiger partial charge in [0.1, 0.15) is 6.61 Å². The summed E-state index contributed by atoms with van der Waals surface area (Å²) in [6.45, 7) is 1.96. The Balaban J connectivity index is 2.12. The van der Waals surface area contributed by atoms with E-state index in [4.69, 9.17) is 4.84 Å². The SMILES string of the molecule is [CH2-][NH+]1CCCCO1. The van der Waals surface area contributed by atoms with Gasteiger partial charge in [0.2, 0.25) is 0 Å². The molecule has 2 heteroatoms. The van der Waals surface area contributed by atoms with Crippen LogP contribution in [0.2, 0.25) is 0 Å². The Morgan fingerprint density at radius 1 is 1.43 bits per heavy atom. The molecule has 1 heterocycles. The zero-order chi connectivity index (χ0) is 5.11. The molecule has 0 aromatic carbocycles. The predicted molar refractivity (Wildman–Crippen MR) is 26.4 cm³/mol. The number of rotatable bonds is 0. The highest BCUT2D eigenvalue weighted by atomic mass is 16.7. The third kappa shape index (κ3) is 1.45. The lowest BCUT2D eigenvalue weighted by atomic mass is 10.3. The molecule has 0 aromatic heterocycles. The summed E-state index contributed by atoms with van der Waals surface area (Å²) in [5.41, 5.74) is 0. The van der Waals surface area contributed by atoms with Crippen LogP contribution in [-0.4, -0.2) is 13.2 Å². The molecule has 1 N–H and O–H groups in total. The molecule has 7 heavy (non-hydrogen) atoms. The fourth-order valence-corrected chi connectivity index (χ4v) is 0.713. The lowest BCUT2D eigenvalue weighted by molar-refractivity contribution is -1.06. The van der Waals surface area contributed by atoms with Gasteiger partial charge in [-0.15, -0.1) is 7.05 Å². The number of quaternary nitrogens is 1. The van der Waals surface area contributed by atoms with E-state index in [0.717, 1.165) is 18.2 Å². The van der Waals surface area contributed by atoms with Crippen LogP contribution in [0.3, 0.4) is 0 Å². The second-order valence-electron chi connectivity index (χ2n) is 1.84. The summed E-state index contributed by atoms with van der Waals surface area (Å²) in [7, 11) is 3.69. The van der Waals surface area contributed by atoms with E-state index in [9.17, 15) is 0 Å². The number of hydrogen-bond donors (Lipinski definition) is 1. The van der Waals surface area contributed by atoms with Crippen molar-refractivity contribution in [3.05, 3.63) is 7.05 Å². The second-order valence-corrected chi connectivity index (χ2v) is 1.84. The highest BCUT2D eigenvalue weighted by Crippen LogP contribution is 1.87. The van der Waals surface area contributed by atoms with E-state index in [2.05, 4.69) is 7.05 Å². The van der Waals surface area contributed by atoms with E-state index in [-0.39, 0.29) is 0 Å². The molecule has 1 aliphatic rings. The summed E-state index contributed by atoms with van der Waals surface area (Å²) in [5, 5.41) is 0.964. The molecule has 0 amide bonds. The average Bonchev–Trinajstić information content (AvgIpc) is 1.69. The van der Waals surface area contributed by atoms with E-state index in [1.807, 2.05) is 0 Å². The molecule has 2 nitrogen and oxygen atoms in total. The highest BCUT2D eigenvalue weighted by molar-refractivity contribution is 4.36. The lowest BCUT2D eigenvalue weighted by Crippen LogP contribution is -3.06. The maximum atomic E-state index is 5.08. The Morgan fingerprint density at radius 2 is 2.29 bits per heavy atom. The minimum absolute atomic E-state index is 0.888. The number of hydroxylamine groups is 2. The van der Waals surface area contributed by atoms with Crippen molar-refractivity contribution in [1.29, 1.82) is 0 Å². The van der Waals surface area contributed by atoms with Crippen molar-refractivity contribution in [2.24, 2.45) is 0 Å². The van der Waals surface area contributed by atoms with Crippen LogP contribution in [0, 0.1) is 7.05 Å². The Kier molecular flexibility index (Phi) is 1.65. The first-order valence-electron chi connectivity index (χ1n) is 2.70. The molecule has 1 aliphatic heterocycles. The summed E-state index contributed by atoms with van der Waals surface area (Å²) >= 11 is 0. The topological polar surface area (TPSA) is 13.7 Å². The van der Waals surface area contributed by atoms with Crippen molar-refractivity contribution in [2.45, 2.75) is 12.8 Å². The third-order valence-electron chi connectivity index (χ3n) is 1.16. The van der Waals surface area contributed by atoms with E-state index in [1.54, 1.807) is 0 Å². The molecule has 0 spiro atoms. The molecule has 1 saturated heterocycles. The smallest absolute Gasteiger partial charge is 0.103 e. The van der Waals surface area contributed by atoms with Crippen molar-refractivity contribution in [1.82, 2.24) is 0 Å². The molecule has 1 fully saturated rings. The molecule has 1 unspecified atom stereocenters. The van der Waals surface area contributed by atoms with Crippen molar-refractivity contribution >= 4 is 0 Å². The standard InChI is InChI=1S/C5H11NO/c1-6-4-2-3-5-7-6/h6H,1-5H2. The van der Waals surface area contributed by atoms with Gasteiger partial charge in [0, 0.05) is 0 Å². The van der Waals surface area contributed by atoms with Crippen LogP contribution >= 0.6 is 0 Å². The molecule has 0 bridgehead atoms. The average molecular weight is 101 g/mol. The van der Waals surface area contributed by atoms with E-state index < -0.39 is 0 Å². The fourth-order valence-electron chi connectivity index (χ4n) is 0.713. The first-order valence-corrected chi connectivity index (χ1v) is 2.70. The van der Waals surface area contributed by atoms with Gasteiger partial charge >= 0.3 is 0 Å². The minimum Gasteiger partial charge on any atom is -0.319 e. The van der Waals surface area contributed by atoms with Gasteiger partial charge in [-0.25, -0.2) is 4.84 Å². The summed E-state index contributed by atoms with van der Waals surface area (Å²) in [6, 6.07) is 0. The maximum absolute atomic E-state index is 5.08. The van der Waals surface area contributed by atoms with Crippen LogP contribution in [0.5, 0.6) is 0 Å². The molecule has 0 saturated carbocycles. The van der Waals surface area contributed by atoms with Gasteiger partial charge in [-0.05, 0) is 12.8 Å². The van der Waals surface area contributed by atoms with E-state index in [1.165, 1.54) is 12.8 Å². The summed E-state index contributed by atoms with van der Waals surface area (Å²) in [4.78, 5) is 5.08. The number of hydrogen-bond acceptors (Lipinski definition) is 1. The predicted octanol–water partition coefficient (Wildman–Crippen LogP) is -0.612. The minimum atomic E-state index is 0.888. The molecule has 1 atom stereocenters. The normalized spacial score (nSPS) is 33.0. The van der Waals surface area contributed by atoms with Crippen LogP contribution in [0.25, 0.3) is 0 Å². The van der Waals surface area contributed by atoms with Gasteiger partial charge in [-0.2, -0.15) is 0 Å². The quantitative estimate of drug-likeness (QED) is 0.402. The van der Waals surface area contributed by atoms with Gasteiger partial charge in [-0.1, -0.05) is 0 Å². The van der Waals surface area contributed by atoms with Gasteiger partial charge in [0.15, 0.2) is 0 Å². The van der Waals surface area contributed by atoms with Crippen LogP contribution in [0.1, 0.15) is 12.8 Å². The van der Waals surface area contributed by atoms with Crippen molar-refractivity contribution in [2.75, 3.05) is 13.2 Å². The highest BCUT2D eigenvalue weighted by Gasteiger charge is 2.02. The fraction of sp³-hybridized carbons (Fsp3) is 0.800. The summed E-state index contributed by atoms with van der Waals surface area (Å²) in [6.07, 6.45) is 2.47. The second kappa shape index (κ2) is 2.28. The Labute approximate surface area is 44.0 Å². The molecule has 42 valence electrons. The van der Waals surface area contributed by atoms with Gasteiger partial charge in [0.25, 0.3) is 0 Å². The monoisotopic (exact) mass is 101 g/mol. The first-order chi connectivity index (χ1) is 3.39. The van der Waals surface area contributed by atoms with Crippen molar-refractivity contribution < 1.29 is 9.90 Å². The molecular formula is C5H11NO. The van der Waals surface area contributed by atoms with Crippen LogP contribution in [0.15, 0.2) is 0 Å². The molecule has 0 radical (unpaired) electrons. The molecule has 0 aliphatic carbocycles. The summed E-state index contributed by atoms with van der Waals surface area (Å²) < 4.78 is 0. The van der Waals surface area contributed by atoms with E-state index >= 15 is 0 Å². The Hall–Kier alpha value is -0.0800. The summed E-state index contributed by atoms with van der Waals surface area (Å²) in [5.74, 6) is 0. The Bertz CT molecular complexity index is 50.0. The van der Waals surface area contributed by atoms with Gasteiger partial charge < -0.3 is 5.06 Å². The van der Waals surface area contributed by atoms with Crippen LogP contribution < -0.4 is 5.06 Å². The third-order valence-corrected chi connectivity index (χ3v) is 1.16. The molecule has 1 rings (SSSR count). The maximum Gasteiger partial charge on any atom is 0.103 e. The lowest BCUT2D eigenvalue weighted by Gasteiger charge is -2.22. The van der Waals surface area contributed by atoms with Crippen LogP contribution in [0.4, 0.5) is 0 Å². The van der Waals surface area contributed by atoms with Gasteiger partial charge in [-0.3, -0.25) is 0 Å². The largest absolute Gasteiger partial charge is 0.319 e. The van der Waals surface area contributed by atoms with Crippen molar-refractivity contribution in [3.8, 4) is 0 Å². The first kappa shape index (κ1) is 5.06.